The highest BCUT2D eigenvalue weighted by molar-refractivity contribution is 5.77. The number of hydrogen-bond donors (Lipinski definition) is 2. The first-order valence-corrected chi connectivity index (χ1v) is 9.56. The molecule has 1 unspecified atom stereocenters. The van der Waals surface area contributed by atoms with Crippen LogP contribution in [0.1, 0.15) is 56.6 Å². The Balaban J connectivity index is 1.45. The predicted molar refractivity (Wildman–Crippen MR) is 101 cm³/mol. The number of nitrogens with zero attached hydrogens (tertiary/aromatic N) is 2. The Morgan fingerprint density at radius 2 is 1.88 bits per heavy atom. The Morgan fingerprint density at radius 3 is 2.54 bits per heavy atom. The van der Waals surface area contributed by atoms with Crippen LogP contribution in [0.4, 0.5) is 0 Å². The van der Waals surface area contributed by atoms with Crippen LogP contribution < -0.4 is 11.1 Å². The maximum absolute atomic E-state index is 5.95. The summed E-state index contributed by atoms with van der Waals surface area (Å²) in [6.45, 7) is 6.28. The van der Waals surface area contributed by atoms with Crippen molar-refractivity contribution >= 4 is 5.96 Å². The maximum Gasteiger partial charge on any atom is 0.188 e. The summed E-state index contributed by atoms with van der Waals surface area (Å²) in [7, 11) is 0. The van der Waals surface area contributed by atoms with Gasteiger partial charge in [-0.05, 0) is 56.2 Å². The number of nitrogens with one attached hydrogen (secondary N) is 1. The third-order valence-corrected chi connectivity index (χ3v) is 5.58. The number of hydrogen-bond acceptors (Lipinski definition) is 2. The van der Waals surface area contributed by atoms with Gasteiger partial charge in [0.2, 0.25) is 0 Å². The van der Waals surface area contributed by atoms with E-state index in [1.165, 1.54) is 56.2 Å². The number of benzene rings is 1. The van der Waals surface area contributed by atoms with E-state index in [0.29, 0.717) is 18.5 Å². The van der Waals surface area contributed by atoms with Gasteiger partial charge in [-0.3, -0.25) is 4.90 Å². The number of rotatable bonds is 6. The number of guanidine groups is 1. The maximum atomic E-state index is 5.95. The molecule has 1 atom stereocenters. The van der Waals surface area contributed by atoms with Crippen LogP contribution in [0.15, 0.2) is 29.3 Å². The summed E-state index contributed by atoms with van der Waals surface area (Å²) in [4.78, 5) is 7.05. The zero-order chi connectivity index (χ0) is 16.8. The Labute approximate surface area is 146 Å². The molecule has 24 heavy (non-hydrogen) atoms. The fraction of sp³-hybridized carbons (Fsp3) is 0.650. The van der Waals surface area contributed by atoms with Crippen LogP contribution in [0.2, 0.25) is 0 Å². The minimum atomic E-state index is 0.577. The van der Waals surface area contributed by atoms with Crippen molar-refractivity contribution < 1.29 is 0 Å². The van der Waals surface area contributed by atoms with E-state index < -0.39 is 0 Å². The molecule has 4 heteroatoms. The van der Waals surface area contributed by atoms with Crippen molar-refractivity contribution in [2.45, 2.75) is 64.6 Å². The van der Waals surface area contributed by atoms with E-state index in [0.717, 1.165) is 19.0 Å². The zero-order valence-electron chi connectivity index (χ0n) is 15.0. The van der Waals surface area contributed by atoms with Crippen LogP contribution in [0.25, 0.3) is 0 Å². The molecule has 3 rings (SSSR count). The van der Waals surface area contributed by atoms with Crippen molar-refractivity contribution in [1.82, 2.24) is 10.2 Å². The summed E-state index contributed by atoms with van der Waals surface area (Å²) in [6.07, 6.45) is 8.08. The van der Waals surface area contributed by atoms with Crippen molar-refractivity contribution in [1.29, 1.82) is 0 Å². The molecule has 2 fully saturated rings. The molecule has 2 aliphatic rings. The lowest BCUT2D eigenvalue weighted by Crippen LogP contribution is -2.37. The van der Waals surface area contributed by atoms with E-state index in [4.69, 9.17) is 5.73 Å². The lowest BCUT2D eigenvalue weighted by Gasteiger charge is -2.33. The van der Waals surface area contributed by atoms with Crippen LogP contribution in [-0.4, -0.2) is 30.0 Å². The molecule has 0 spiro atoms. The topological polar surface area (TPSA) is 53.6 Å². The van der Waals surface area contributed by atoms with E-state index in [2.05, 4.69) is 46.4 Å². The third kappa shape index (κ3) is 4.97. The lowest BCUT2D eigenvalue weighted by molar-refractivity contribution is 0.152. The molecule has 4 nitrogen and oxygen atoms in total. The highest BCUT2D eigenvalue weighted by Gasteiger charge is 2.18. The van der Waals surface area contributed by atoms with Gasteiger partial charge in [-0.1, -0.05) is 37.1 Å². The molecule has 1 aliphatic heterocycles. The summed E-state index contributed by atoms with van der Waals surface area (Å²) in [5, 5.41) is 3.25. The molecule has 1 aromatic carbocycles. The van der Waals surface area contributed by atoms with Crippen LogP contribution in [0.3, 0.4) is 0 Å². The minimum absolute atomic E-state index is 0.577. The molecule has 0 aromatic heterocycles. The predicted octanol–water partition coefficient (Wildman–Crippen LogP) is 3.27. The molecule has 1 aromatic rings. The van der Waals surface area contributed by atoms with Crippen molar-refractivity contribution in [3.8, 4) is 0 Å². The number of likely N-dealkylation sites (tertiary alicyclic amines) is 1. The monoisotopic (exact) mass is 328 g/mol. The van der Waals surface area contributed by atoms with Gasteiger partial charge in [0.05, 0.1) is 6.54 Å². The van der Waals surface area contributed by atoms with E-state index in [1.54, 1.807) is 0 Å². The number of aliphatic imine (C=N–C) groups is 1. The lowest BCUT2D eigenvalue weighted by atomic mass is 9.85. The van der Waals surface area contributed by atoms with Gasteiger partial charge < -0.3 is 11.1 Å². The second-order valence-electron chi connectivity index (χ2n) is 7.51. The highest BCUT2D eigenvalue weighted by Crippen LogP contribution is 2.25. The van der Waals surface area contributed by atoms with E-state index in [-0.39, 0.29) is 0 Å². The molecule has 3 N–H and O–H groups in total. The molecule has 1 saturated carbocycles. The van der Waals surface area contributed by atoms with Gasteiger partial charge in [-0.15, -0.1) is 0 Å². The van der Waals surface area contributed by atoms with Gasteiger partial charge >= 0.3 is 0 Å². The largest absolute Gasteiger partial charge is 0.370 e. The standard InChI is InChI=1S/C20H32N4/c1-16-5-2-3-12-24(16)15-19-10-8-18(9-11-19)14-23-20(21)22-13-17-6-4-7-17/h8-11,16-17H,2-7,12-15H2,1H3,(H3,21,22,23). The quantitative estimate of drug-likeness (QED) is 0.622. The van der Waals surface area contributed by atoms with Crippen LogP contribution in [0, 0.1) is 5.92 Å². The second kappa shape index (κ2) is 8.52. The first-order valence-electron chi connectivity index (χ1n) is 9.56. The van der Waals surface area contributed by atoms with Gasteiger partial charge in [0, 0.05) is 19.1 Å². The van der Waals surface area contributed by atoms with Gasteiger partial charge in [0.15, 0.2) is 5.96 Å². The van der Waals surface area contributed by atoms with Gasteiger partial charge in [-0.2, -0.15) is 0 Å². The summed E-state index contributed by atoms with van der Waals surface area (Å²) >= 11 is 0. The first kappa shape index (κ1) is 17.3. The minimum Gasteiger partial charge on any atom is -0.370 e. The van der Waals surface area contributed by atoms with Gasteiger partial charge in [0.25, 0.3) is 0 Å². The number of piperidine rings is 1. The molecular formula is C20H32N4. The summed E-state index contributed by atoms with van der Waals surface area (Å²) < 4.78 is 0. The molecule has 0 amide bonds. The van der Waals surface area contributed by atoms with Crippen LogP contribution in [-0.2, 0) is 13.1 Å². The summed E-state index contributed by atoms with van der Waals surface area (Å²) in [5.74, 6) is 1.38. The molecule has 132 valence electrons. The van der Waals surface area contributed by atoms with Crippen molar-refractivity contribution in [3.63, 3.8) is 0 Å². The Kier molecular flexibility index (Phi) is 6.13. The molecular weight excluding hydrogens is 296 g/mol. The second-order valence-corrected chi connectivity index (χ2v) is 7.51. The average Bonchev–Trinajstić information content (AvgIpc) is 2.55. The molecule has 1 saturated heterocycles. The fourth-order valence-electron chi connectivity index (χ4n) is 3.56. The zero-order valence-corrected chi connectivity index (χ0v) is 15.0. The number of nitrogens with two attached hydrogens (primary N) is 1. The molecule has 1 aliphatic carbocycles. The molecule has 0 radical (unpaired) electrons. The Morgan fingerprint density at radius 1 is 1.12 bits per heavy atom. The highest BCUT2D eigenvalue weighted by atomic mass is 15.2. The normalized spacial score (nSPS) is 23.0. The smallest absolute Gasteiger partial charge is 0.188 e. The van der Waals surface area contributed by atoms with Crippen molar-refractivity contribution in [2.24, 2.45) is 16.6 Å². The van der Waals surface area contributed by atoms with Crippen LogP contribution >= 0.6 is 0 Å². The Hall–Kier alpha value is -1.55. The van der Waals surface area contributed by atoms with Crippen molar-refractivity contribution in [3.05, 3.63) is 35.4 Å². The van der Waals surface area contributed by atoms with E-state index in [9.17, 15) is 0 Å². The third-order valence-electron chi connectivity index (χ3n) is 5.58. The summed E-state index contributed by atoms with van der Waals surface area (Å²) in [6, 6.07) is 9.57. The average molecular weight is 329 g/mol. The molecule has 0 bridgehead atoms. The van der Waals surface area contributed by atoms with Crippen LogP contribution in [0.5, 0.6) is 0 Å². The van der Waals surface area contributed by atoms with Gasteiger partial charge in [-0.25, -0.2) is 4.99 Å². The fourth-order valence-corrected chi connectivity index (χ4v) is 3.56. The first-order chi connectivity index (χ1) is 11.7. The van der Waals surface area contributed by atoms with E-state index >= 15 is 0 Å². The van der Waals surface area contributed by atoms with E-state index in [1.807, 2.05) is 0 Å². The van der Waals surface area contributed by atoms with Gasteiger partial charge in [0.1, 0.15) is 0 Å². The molecule has 1 heterocycles. The van der Waals surface area contributed by atoms with Crippen molar-refractivity contribution in [2.75, 3.05) is 13.1 Å². The summed E-state index contributed by atoms with van der Waals surface area (Å²) in [5.41, 5.74) is 8.57. The SMILES string of the molecule is CC1CCCCN1Cc1ccc(CN=C(N)NCC2CCC2)cc1. The Bertz CT molecular complexity index is 533.